The van der Waals surface area contributed by atoms with Crippen LogP contribution in [0.5, 0.6) is 0 Å². The van der Waals surface area contributed by atoms with E-state index in [9.17, 15) is 4.79 Å². The molecule has 1 aromatic carbocycles. The molecule has 0 aliphatic heterocycles. The van der Waals surface area contributed by atoms with Crippen LogP contribution in [0.25, 0.3) is 0 Å². The standard InChI is InChI=1S/C15H20N2O2S/c1-3-19-15(18)14(17)6-7-20-10-13-5-4-12(9-16)8-11(13)2/h4-5,8,14H,3,6-7,10,17H2,1-2H3. The van der Waals surface area contributed by atoms with Crippen LogP contribution in [0.2, 0.25) is 0 Å². The molecule has 1 atom stereocenters. The Morgan fingerprint density at radius 3 is 2.90 bits per heavy atom. The molecule has 0 bridgehead atoms. The molecular weight excluding hydrogens is 272 g/mol. The third-order valence-electron chi connectivity index (χ3n) is 2.89. The molecule has 1 aromatic rings. The first-order valence-corrected chi connectivity index (χ1v) is 7.73. The van der Waals surface area contributed by atoms with E-state index in [1.54, 1.807) is 18.7 Å². The average molecular weight is 292 g/mol. The molecule has 2 N–H and O–H groups in total. The Kier molecular flexibility index (Phi) is 7.13. The SMILES string of the molecule is CCOC(=O)C(N)CCSCc1ccc(C#N)cc1C. The topological polar surface area (TPSA) is 76.1 Å². The number of hydrogen-bond donors (Lipinski definition) is 1. The molecule has 108 valence electrons. The monoisotopic (exact) mass is 292 g/mol. The fourth-order valence-electron chi connectivity index (χ4n) is 1.69. The van der Waals surface area contributed by atoms with Crippen molar-refractivity contribution >= 4 is 17.7 Å². The first-order valence-electron chi connectivity index (χ1n) is 6.58. The van der Waals surface area contributed by atoms with E-state index >= 15 is 0 Å². The van der Waals surface area contributed by atoms with Gasteiger partial charge in [-0.3, -0.25) is 4.79 Å². The van der Waals surface area contributed by atoms with Crippen LogP contribution in [0.3, 0.4) is 0 Å². The van der Waals surface area contributed by atoms with Gasteiger partial charge in [-0.2, -0.15) is 17.0 Å². The van der Waals surface area contributed by atoms with Crippen LogP contribution < -0.4 is 5.73 Å². The number of aryl methyl sites for hydroxylation is 1. The number of hydrogen-bond acceptors (Lipinski definition) is 5. The maximum atomic E-state index is 11.3. The Labute approximate surface area is 124 Å². The number of thioether (sulfide) groups is 1. The molecular formula is C15H20N2O2S. The highest BCUT2D eigenvalue weighted by Crippen LogP contribution is 2.18. The van der Waals surface area contributed by atoms with Crippen LogP contribution in [0.15, 0.2) is 18.2 Å². The summed E-state index contributed by atoms with van der Waals surface area (Å²) in [5.41, 5.74) is 8.73. The second kappa shape index (κ2) is 8.62. The lowest BCUT2D eigenvalue weighted by Gasteiger charge is -2.10. The van der Waals surface area contributed by atoms with Gasteiger partial charge in [0.15, 0.2) is 0 Å². The van der Waals surface area contributed by atoms with E-state index in [0.717, 1.165) is 17.1 Å². The van der Waals surface area contributed by atoms with E-state index in [1.165, 1.54) is 5.56 Å². The molecule has 0 radical (unpaired) electrons. The van der Waals surface area contributed by atoms with E-state index in [0.29, 0.717) is 18.6 Å². The van der Waals surface area contributed by atoms with Crippen molar-refractivity contribution in [3.63, 3.8) is 0 Å². The van der Waals surface area contributed by atoms with Crippen molar-refractivity contribution in [2.45, 2.75) is 32.1 Å². The third-order valence-corrected chi connectivity index (χ3v) is 3.93. The molecule has 1 unspecified atom stereocenters. The maximum absolute atomic E-state index is 11.3. The average Bonchev–Trinajstić information content (AvgIpc) is 2.44. The minimum atomic E-state index is -0.537. The second-order valence-electron chi connectivity index (χ2n) is 4.45. The van der Waals surface area contributed by atoms with Gasteiger partial charge in [0.1, 0.15) is 6.04 Å². The van der Waals surface area contributed by atoms with Crippen LogP contribution in [0.4, 0.5) is 0 Å². The molecule has 0 spiro atoms. The van der Waals surface area contributed by atoms with E-state index in [1.807, 2.05) is 25.1 Å². The lowest BCUT2D eigenvalue weighted by Crippen LogP contribution is -2.32. The number of ether oxygens (including phenoxy) is 1. The number of carbonyl (C=O) groups excluding carboxylic acids is 1. The number of nitriles is 1. The molecule has 0 aliphatic carbocycles. The number of benzene rings is 1. The quantitative estimate of drug-likeness (QED) is 0.617. The largest absolute Gasteiger partial charge is 0.465 e. The summed E-state index contributed by atoms with van der Waals surface area (Å²) in [6.07, 6.45) is 0.610. The summed E-state index contributed by atoms with van der Waals surface area (Å²) in [4.78, 5) is 11.3. The minimum Gasteiger partial charge on any atom is -0.465 e. The Hall–Kier alpha value is -1.51. The first kappa shape index (κ1) is 16.5. The number of rotatable bonds is 7. The number of carbonyl (C=O) groups is 1. The lowest BCUT2D eigenvalue weighted by molar-refractivity contribution is -0.144. The smallest absolute Gasteiger partial charge is 0.322 e. The highest BCUT2D eigenvalue weighted by Gasteiger charge is 2.13. The number of nitrogens with zero attached hydrogens (tertiary/aromatic N) is 1. The summed E-state index contributed by atoms with van der Waals surface area (Å²) >= 11 is 1.73. The van der Waals surface area contributed by atoms with Crippen molar-refractivity contribution in [2.75, 3.05) is 12.4 Å². The van der Waals surface area contributed by atoms with Gasteiger partial charge in [0, 0.05) is 5.75 Å². The molecule has 5 heteroatoms. The zero-order chi connectivity index (χ0) is 15.0. The van der Waals surface area contributed by atoms with Gasteiger partial charge in [-0.05, 0) is 49.3 Å². The van der Waals surface area contributed by atoms with Gasteiger partial charge in [0.2, 0.25) is 0 Å². The van der Waals surface area contributed by atoms with Crippen molar-refractivity contribution in [1.82, 2.24) is 0 Å². The fourth-order valence-corrected chi connectivity index (χ4v) is 2.80. The fraction of sp³-hybridized carbons (Fsp3) is 0.467. The molecule has 0 fully saturated rings. The predicted molar refractivity (Wildman–Crippen MR) is 81.3 cm³/mol. The summed E-state index contributed by atoms with van der Waals surface area (Å²) in [5, 5.41) is 8.81. The Morgan fingerprint density at radius 2 is 2.30 bits per heavy atom. The third kappa shape index (κ3) is 5.24. The van der Waals surface area contributed by atoms with E-state index < -0.39 is 6.04 Å². The van der Waals surface area contributed by atoms with Crippen molar-refractivity contribution in [1.29, 1.82) is 5.26 Å². The summed E-state index contributed by atoms with van der Waals surface area (Å²) in [7, 11) is 0. The van der Waals surface area contributed by atoms with Gasteiger partial charge in [-0.1, -0.05) is 6.07 Å². The van der Waals surface area contributed by atoms with E-state index in [2.05, 4.69) is 6.07 Å². The molecule has 1 rings (SSSR count). The summed E-state index contributed by atoms with van der Waals surface area (Å²) < 4.78 is 4.86. The number of esters is 1. The van der Waals surface area contributed by atoms with Crippen LogP contribution in [0, 0.1) is 18.3 Å². The predicted octanol–water partition coefficient (Wildman–Crippen LogP) is 2.38. The molecule has 4 nitrogen and oxygen atoms in total. The highest BCUT2D eigenvalue weighted by atomic mass is 32.2. The van der Waals surface area contributed by atoms with Crippen molar-refractivity contribution in [3.8, 4) is 6.07 Å². The normalized spacial score (nSPS) is 11.7. The van der Waals surface area contributed by atoms with Crippen LogP contribution in [0.1, 0.15) is 30.0 Å². The van der Waals surface area contributed by atoms with Gasteiger partial charge < -0.3 is 10.5 Å². The first-order chi connectivity index (χ1) is 9.58. The van der Waals surface area contributed by atoms with Gasteiger partial charge in [0.05, 0.1) is 18.2 Å². The van der Waals surface area contributed by atoms with E-state index in [-0.39, 0.29) is 5.97 Å². The van der Waals surface area contributed by atoms with Gasteiger partial charge >= 0.3 is 5.97 Å². The zero-order valence-electron chi connectivity index (χ0n) is 11.9. The van der Waals surface area contributed by atoms with Crippen molar-refractivity contribution in [3.05, 3.63) is 34.9 Å². The highest BCUT2D eigenvalue weighted by molar-refractivity contribution is 7.98. The lowest BCUT2D eigenvalue weighted by atomic mass is 10.1. The molecule has 0 saturated heterocycles. The van der Waals surface area contributed by atoms with Gasteiger partial charge in [-0.25, -0.2) is 0 Å². The van der Waals surface area contributed by atoms with Crippen LogP contribution >= 0.6 is 11.8 Å². The van der Waals surface area contributed by atoms with Gasteiger partial charge in [-0.15, -0.1) is 0 Å². The Bertz CT molecular complexity index is 497. The van der Waals surface area contributed by atoms with Gasteiger partial charge in [0.25, 0.3) is 0 Å². The maximum Gasteiger partial charge on any atom is 0.322 e. The molecule has 0 saturated carbocycles. The number of nitrogens with two attached hydrogens (primary N) is 1. The molecule has 20 heavy (non-hydrogen) atoms. The van der Waals surface area contributed by atoms with Crippen LogP contribution in [-0.2, 0) is 15.3 Å². The summed E-state index contributed by atoms with van der Waals surface area (Å²) in [6.45, 7) is 4.14. The summed E-state index contributed by atoms with van der Waals surface area (Å²) in [5.74, 6) is 1.33. The Morgan fingerprint density at radius 1 is 1.55 bits per heavy atom. The summed E-state index contributed by atoms with van der Waals surface area (Å²) in [6, 6.07) is 7.28. The van der Waals surface area contributed by atoms with E-state index in [4.69, 9.17) is 15.7 Å². The van der Waals surface area contributed by atoms with Crippen molar-refractivity contribution in [2.24, 2.45) is 5.73 Å². The zero-order valence-corrected chi connectivity index (χ0v) is 12.7. The van der Waals surface area contributed by atoms with Crippen LogP contribution in [-0.4, -0.2) is 24.4 Å². The molecule has 0 aliphatic rings. The Balaban J connectivity index is 2.35. The molecule has 0 heterocycles. The molecule has 0 aromatic heterocycles. The molecule has 0 amide bonds. The van der Waals surface area contributed by atoms with Crippen molar-refractivity contribution < 1.29 is 9.53 Å². The minimum absolute atomic E-state index is 0.331. The second-order valence-corrected chi connectivity index (χ2v) is 5.56.